The molecule has 11 heteroatoms. The fraction of sp³-hybridized carbons (Fsp3) is 0.476. The van der Waals surface area contributed by atoms with Gasteiger partial charge in [-0.05, 0) is 46.8 Å². The van der Waals surface area contributed by atoms with E-state index in [4.69, 9.17) is 4.74 Å². The van der Waals surface area contributed by atoms with Gasteiger partial charge in [0.2, 0.25) is 0 Å². The summed E-state index contributed by atoms with van der Waals surface area (Å²) < 4.78 is 35.5. The van der Waals surface area contributed by atoms with Crippen molar-refractivity contribution < 1.29 is 27.8 Å². The van der Waals surface area contributed by atoms with Crippen LogP contribution in [-0.2, 0) is 9.53 Å². The van der Waals surface area contributed by atoms with Gasteiger partial charge in [0.25, 0.3) is 0 Å². The predicted molar refractivity (Wildman–Crippen MR) is 116 cm³/mol. The molecule has 1 aromatic heterocycles. The third kappa shape index (κ3) is 6.04. The number of hydrogen-bond acceptors (Lipinski definition) is 6. The van der Waals surface area contributed by atoms with Crippen LogP contribution in [0.3, 0.4) is 0 Å². The number of aromatic nitrogens is 2. The van der Waals surface area contributed by atoms with Gasteiger partial charge < -0.3 is 24.6 Å². The van der Waals surface area contributed by atoms with E-state index in [1.54, 1.807) is 18.3 Å². The van der Waals surface area contributed by atoms with Gasteiger partial charge in [0.05, 0.1) is 28.4 Å². The molecule has 0 radical (unpaired) electrons. The van der Waals surface area contributed by atoms with E-state index in [2.05, 4.69) is 36.0 Å². The second kappa shape index (κ2) is 10.9. The van der Waals surface area contributed by atoms with Crippen LogP contribution < -0.4 is 10.1 Å². The number of benzene rings is 1. The van der Waals surface area contributed by atoms with E-state index in [9.17, 15) is 18.4 Å². The highest BCUT2D eigenvalue weighted by atomic mass is 79.9. The molecule has 2 atom stereocenters. The highest BCUT2D eigenvalue weighted by molar-refractivity contribution is 9.10. The zero-order chi connectivity index (χ0) is 23.3. The van der Waals surface area contributed by atoms with Gasteiger partial charge in [0, 0.05) is 12.1 Å². The van der Waals surface area contributed by atoms with Crippen LogP contribution in [0.1, 0.15) is 38.6 Å². The smallest absolute Gasteiger partial charge is 0.409 e. The molecular formula is C21H25BrF2N4O4. The number of rotatable bonds is 9. The monoisotopic (exact) mass is 514 g/mol. The predicted octanol–water partition coefficient (Wildman–Crippen LogP) is 4.48. The lowest BCUT2D eigenvalue weighted by molar-refractivity contribution is -0.110. The highest BCUT2D eigenvalue weighted by Gasteiger charge is 2.29. The average molecular weight is 515 g/mol. The summed E-state index contributed by atoms with van der Waals surface area (Å²) in [6.07, 6.45) is 3.39. The molecule has 0 bridgehead atoms. The first-order chi connectivity index (χ1) is 15.3. The molecule has 2 N–H and O–H groups in total. The summed E-state index contributed by atoms with van der Waals surface area (Å²) in [7, 11) is 0. The van der Waals surface area contributed by atoms with Gasteiger partial charge in [-0.15, -0.1) is 0 Å². The molecule has 1 aliphatic heterocycles. The number of ether oxygens (including phenoxy) is 2. The number of alkyl halides is 2. The van der Waals surface area contributed by atoms with E-state index < -0.39 is 18.7 Å². The number of hydrogen-bond donors (Lipinski definition) is 2. The van der Waals surface area contributed by atoms with E-state index >= 15 is 0 Å². The summed E-state index contributed by atoms with van der Waals surface area (Å²) in [6.45, 7) is 1.52. The lowest BCUT2D eigenvalue weighted by atomic mass is 10.1. The molecule has 0 saturated carbocycles. The molecule has 8 nitrogen and oxygen atoms in total. The van der Waals surface area contributed by atoms with Crippen LogP contribution in [0, 0.1) is 5.92 Å². The van der Waals surface area contributed by atoms with Gasteiger partial charge >= 0.3 is 12.7 Å². The summed E-state index contributed by atoms with van der Waals surface area (Å²) in [4.78, 5) is 32.7. The van der Waals surface area contributed by atoms with Crippen molar-refractivity contribution in [1.82, 2.24) is 20.2 Å². The summed E-state index contributed by atoms with van der Waals surface area (Å²) >= 11 is 3.20. The number of likely N-dealkylation sites (tertiary alicyclic amines) is 1. The second-order valence-electron chi connectivity index (χ2n) is 7.79. The number of aldehydes is 1. The summed E-state index contributed by atoms with van der Waals surface area (Å²) in [5, 5.41) is 2.55. The Bertz CT molecular complexity index is 940. The number of H-pyrrole nitrogens is 1. The minimum absolute atomic E-state index is 0.0329. The Hall–Kier alpha value is -2.53. The largest absolute Gasteiger partial charge is 0.434 e. The molecular weight excluding hydrogens is 490 g/mol. The number of amides is 1. The third-order valence-corrected chi connectivity index (χ3v) is 5.90. The van der Waals surface area contributed by atoms with E-state index in [0.717, 1.165) is 19.4 Å². The second-order valence-corrected chi connectivity index (χ2v) is 8.64. The minimum atomic E-state index is -2.93. The van der Waals surface area contributed by atoms with Gasteiger partial charge in [-0.2, -0.15) is 8.78 Å². The molecule has 0 unspecified atom stereocenters. The average Bonchev–Trinajstić information content (AvgIpc) is 3.40. The number of aromatic amines is 1. The number of carbonyl (C=O) groups is 2. The van der Waals surface area contributed by atoms with Gasteiger partial charge in [0.1, 0.15) is 24.6 Å². The minimum Gasteiger partial charge on any atom is -0.434 e. The van der Waals surface area contributed by atoms with Crippen molar-refractivity contribution in [3.8, 4) is 17.0 Å². The fourth-order valence-corrected chi connectivity index (χ4v) is 3.82. The van der Waals surface area contributed by atoms with Crippen LogP contribution in [-0.4, -0.2) is 53.2 Å². The van der Waals surface area contributed by atoms with Crippen LogP contribution in [0.5, 0.6) is 5.75 Å². The molecule has 32 heavy (non-hydrogen) atoms. The van der Waals surface area contributed by atoms with Crippen molar-refractivity contribution in [2.24, 2.45) is 5.92 Å². The molecule has 1 aromatic carbocycles. The van der Waals surface area contributed by atoms with Crippen molar-refractivity contribution in [2.45, 2.75) is 45.4 Å². The number of halogens is 3. The number of alkyl carbamates (subject to hydrolysis) is 1. The van der Waals surface area contributed by atoms with Crippen molar-refractivity contribution in [3.63, 3.8) is 0 Å². The van der Waals surface area contributed by atoms with Crippen molar-refractivity contribution in [2.75, 3.05) is 13.3 Å². The van der Waals surface area contributed by atoms with Crippen LogP contribution in [0.25, 0.3) is 11.3 Å². The number of nitrogens with one attached hydrogen (secondary N) is 2. The standard InChI is InChI=1S/C21H25BrF2N4O4/c1-12(2)16(10-29)27-21(30)31-11-28-7-3-4-17(28)19-25-9-15(26-19)13-5-6-14(22)18(8-13)32-20(23)24/h5-6,8-10,12,16-17,20H,3-4,7,11H2,1-2H3,(H,25,26)(H,27,30)/t16-,17+/m1/s1. The van der Waals surface area contributed by atoms with Gasteiger partial charge in [-0.25, -0.2) is 9.78 Å². The van der Waals surface area contributed by atoms with Crippen molar-refractivity contribution in [1.29, 1.82) is 0 Å². The van der Waals surface area contributed by atoms with Crippen molar-refractivity contribution >= 4 is 28.3 Å². The van der Waals surface area contributed by atoms with Crippen molar-refractivity contribution in [3.05, 3.63) is 34.7 Å². The molecule has 174 valence electrons. The van der Waals surface area contributed by atoms with E-state index in [1.807, 2.05) is 18.7 Å². The summed E-state index contributed by atoms with van der Waals surface area (Å²) in [5.41, 5.74) is 1.30. The molecule has 1 aliphatic rings. The molecule has 0 spiro atoms. The quantitative estimate of drug-likeness (QED) is 0.478. The Morgan fingerprint density at radius 2 is 2.22 bits per heavy atom. The van der Waals surface area contributed by atoms with E-state index in [0.29, 0.717) is 27.8 Å². The zero-order valence-electron chi connectivity index (χ0n) is 17.7. The molecule has 1 amide bonds. The maximum absolute atomic E-state index is 12.6. The molecule has 2 aromatic rings. The third-order valence-electron chi connectivity index (χ3n) is 5.24. The first-order valence-electron chi connectivity index (χ1n) is 10.2. The molecule has 1 fully saturated rings. The maximum Gasteiger partial charge on any atom is 0.409 e. The van der Waals surface area contributed by atoms with Gasteiger partial charge in [-0.3, -0.25) is 4.90 Å². The maximum atomic E-state index is 12.6. The summed E-state index contributed by atoms with van der Waals surface area (Å²) in [6, 6.07) is 4.21. The highest BCUT2D eigenvalue weighted by Crippen LogP contribution is 2.34. The number of carbonyl (C=O) groups excluding carboxylic acids is 2. The number of imidazole rings is 1. The van der Waals surface area contributed by atoms with E-state index in [1.165, 1.54) is 6.07 Å². The Morgan fingerprint density at radius 3 is 2.91 bits per heavy atom. The number of nitrogens with zero attached hydrogens (tertiary/aromatic N) is 2. The van der Waals surface area contributed by atoms with Crippen LogP contribution in [0.2, 0.25) is 0 Å². The fourth-order valence-electron chi connectivity index (χ4n) is 3.48. The van der Waals surface area contributed by atoms with Gasteiger partial charge in [0.15, 0.2) is 0 Å². The first-order valence-corrected chi connectivity index (χ1v) is 11.0. The SMILES string of the molecule is CC(C)[C@@H](C=O)NC(=O)OCN1CCC[C@H]1c1ncc(-c2ccc(Br)c(OC(F)F)c2)[nH]1. The Morgan fingerprint density at radius 1 is 1.44 bits per heavy atom. The molecule has 2 heterocycles. The lowest BCUT2D eigenvalue weighted by Crippen LogP contribution is -2.41. The topological polar surface area (TPSA) is 96.6 Å². The Labute approximate surface area is 192 Å². The normalized spacial score (nSPS) is 17.5. The first kappa shape index (κ1) is 24.1. The zero-order valence-corrected chi connectivity index (χ0v) is 19.3. The Balaban J connectivity index is 1.65. The molecule has 1 saturated heterocycles. The lowest BCUT2D eigenvalue weighted by Gasteiger charge is -2.23. The molecule has 3 rings (SSSR count). The summed E-state index contributed by atoms with van der Waals surface area (Å²) in [5.74, 6) is 0.686. The van der Waals surface area contributed by atoms with Crippen LogP contribution in [0.4, 0.5) is 13.6 Å². The van der Waals surface area contributed by atoms with Gasteiger partial charge in [-0.1, -0.05) is 19.9 Å². The van der Waals surface area contributed by atoms with Crippen LogP contribution >= 0.6 is 15.9 Å². The van der Waals surface area contributed by atoms with E-state index in [-0.39, 0.29) is 24.4 Å². The van der Waals surface area contributed by atoms with Crippen LogP contribution in [0.15, 0.2) is 28.9 Å². The molecule has 0 aliphatic carbocycles. The Kier molecular flexibility index (Phi) is 8.19.